The molecule has 0 bridgehead atoms. The molecule has 4 rings (SSSR count). The van der Waals surface area contributed by atoms with Crippen molar-refractivity contribution >= 4 is 52.6 Å². The van der Waals surface area contributed by atoms with Gasteiger partial charge in [0, 0.05) is 23.4 Å². The highest BCUT2D eigenvalue weighted by atomic mass is 32.2. The van der Waals surface area contributed by atoms with Gasteiger partial charge in [0.1, 0.15) is 17.1 Å². The Bertz CT molecular complexity index is 1230. The topological polar surface area (TPSA) is 154 Å². The van der Waals surface area contributed by atoms with Crippen LogP contribution in [0.25, 0.3) is 0 Å². The number of hydrogen-bond acceptors (Lipinski definition) is 9. The van der Waals surface area contributed by atoms with Gasteiger partial charge in [-0.1, -0.05) is 17.8 Å². The van der Waals surface area contributed by atoms with Crippen LogP contribution in [-0.2, 0) is 27.9 Å². The number of carbonyl (C=O) groups excluding carboxylic acids is 2. The number of thioether (sulfide) groups is 2. The van der Waals surface area contributed by atoms with Gasteiger partial charge in [0.25, 0.3) is 5.91 Å². The normalized spacial score (nSPS) is 20.0. The third-order valence-electron chi connectivity index (χ3n) is 4.90. The molecule has 2 aromatic heterocycles. The molecule has 14 heteroatoms. The van der Waals surface area contributed by atoms with Gasteiger partial charge >= 0.3 is 17.1 Å². The second kappa shape index (κ2) is 8.96. The number of nitrogens with zero attached hydrogens (tertiary/aromatic N) is 3. The van der Waals surface area contributed by atoms with Gasteiger partial charge < -0.3 is 10.4 Å². The number of aromatic nitrogens is 3. The zero-order valence-corrected chi connectivity index (χ0v) is 19.0. The molecule has 0 radical (unpaired) electrons. The fourth-order valence-corrected chi connectivity index (χ4v) is 6.44. The Kier molecular flexibility index (Phi) is 6.26. The summed E-state index contributed by atoms with van der Waals surface area (Å²) in [7, 11) is 1.40. The summed E-state index contributed by atoms with van der Waals surface area (Å²) in [6.07, 6.45) is 0.160. The highest BCUT2D eigenvalue weighted by Crippen LogP contribution is 2.41. The first kappa shape index (κ1) is 22.4. The van der Waals surface area contributed by atoms with Crippen molar-refractivity contribution in [2.75, 3.05) is 11.5 Å². The molecule has 32 heavy (non-hydrogen) atoms. The van der Waals surface area contributed by atoms with Crippen LogP contribution in [0.2, 0.25) is 0 Å². The lowest BCUT2D eigenvalue weighted by molar-refractivity contribution is -0.150. The molecule has 4 heterocycles. The Morgan fingerprint density at radius 2 is 2.16 bits per heavy atom. The second-order valence-electron chi connectivity index (χ2n) is 6.96. The van der Waals surface area contributed by atoms with E-state index in [-0.39, 0.29) is 28.9 Å². The van der Waals surface area contributed by atoms with E-state index in [9.17, 15) is 29.1 Å². The molecule has 0 aromatic carbocycles. The van der Waals surface area contributed by atoms with E-state index in [4.69, 9.17) is 0 Å². The van der Waals surface area contributed by atoms with Crippen molar-refractivity contribution in [3.8, 4) is 0 Å². The molecule has 2 aliphatic heterocycles. The van der Waals surface area contributed by atoms with Crippen molar-refractivity contribution < 1.29 is 19.5 Å². The second-order valence-corrected chi connectivity index (χ2v) is 10.0. The number of thiophene rings is 1. The quantitative estimate of drug-likeness (QED) is 0.264. The molecule has 2 atom stereocenters. The number of carboxylic acid groups (broad SMARTS) is 1. The highest BCUT2D eigenvalue weighted by Gasteiger charge is 2.54. The standard InChI is InChI=1S/C18H17N5O6S3/c1-22-15(27)13(25)20-21-18(22)32-7-8-6-31-16-11(14(26)23(16)12(8)17(28)29)19-10(24)5-9-3-2-4-30-9/h2-4,11,16H,5-7H2,1H3,(H,19,24)(H,20,25)(H,28,29)/t11?,16-/m0/s1. The molecule has 1 fully saturated rings. The van der Waals surface area contributed by atoms with E-state index in [2.05, 4.69) is 15.5 Å². The van der Waals surface area contributed by atoms with Crippen LogP contribution < -0.4 is 16.4 Å². The summed E-state index contributed by atoms with van der Waals surface area (Å²) in [5.74, 6) is -1.52. The van der Waals surface area contributed by atoms with E-state index in [1.807, 2.05) is 17.5 Å². The number of H-pyrrole nitrogens is 1. The molecule has 0 saturated carbocycles. The predicted molar refractivity (Wildman–Crippen MR) is 119 cm³/mol. The minimum absolute atomic E-state index is 0.121. The van der Waals surface area contributed by atoms with Crippen LogP contribution in [0.3, 0.4) is 0 Å². The Hall–Kier alpha value is -2.84. The molecule has 3 N–H and O–H groups in total. The summed E-state index contributed by atoms with van der Waals surface area (Å²) in [4.78, 5) is 62.1. The fraction of sp³-hybridized carbons (Fsp3) is 0.333. The summed E-state index contributed by atoms with van der Waals surface area (Å²) >= 11 is 3.88. The van der Waals surface area contributed by atoms with Gasteiger partial charge in [0.2, 0.25) is 5.91 Å². The summed E-state index contributed by atoms with van der Waals surface area (Å²) in [5.41, 5.74) is -1.26. The number of rotatable bonds is 7. The van der Waals surface area contributed by atoms with Crippen molar-refractivity contribution in [2.24, 2.45) is 7.05 Å². The van der Waals surface area contributed by atoms with Gasteiger partial charge in [0.05, 0.1) is 6.42 Å². The maximum absolute atomic E-state index is 12.7. The van der Waals surface area contributed by atoms with E-state index in [0.717, 1.165) is 21.2 Å². The highest BCUT2D eigenvalue weighted by molar-refractivity contribution is 8.01. The molecular formula is C18H17N5O6S3. The SMILES string of the molecule is Cn1c(SCC2=C(C(=O)O)N3C(=O)C(NC(=O)Cc4cccs4)[C@@H]3SC2)n[nH]c(=O)c1=O. The molecule has 0 spiro atoms. The number of aliphatic carboxylic acids is 1. The number of aromatic amines is 1. The first-order valence-electron chi connectivity index (χ1n) is 9.28. The Morgan fingerprint density at radius 3 is 2.84 bits per heavy atom. The van der Waals surface area contributed by atoms with Gasteiger partial charge in [0.15, 0.2) is 5.16 Å². The number of fused-ring (bicyclic) bond motifs is 1. The fourth-order valence-electron chi connectivity index (χ4n) is 3.33. The third kappa shape index (κ3) is 4.12. The molecule has 2 aromatic rings. The number of carbonyl (C=O) groups is 3. The van der Waals surface area contributed by atoms with Gasteiger partial charge in [-0.25, -0.2) is 9.89 Å². The largest absolute Gasteiger partial charge is 0.477 e. The van der Waals surface area contributed by atoms with Crippen LogP contribution in [0.15, 0.2) is 43.5 Å². The molecule has 11 nitrogen and oxygen atoms in total. The van der Waals surface area contributed by atoms with Crippen LogP contribution >= 0.6 is 34.9 Å². The molecule has 2 amide bonds. The predicted octanol–water partition coefficient (Wildman–Crippen LogP) is -0.396. The van der Waals surface area contributed by atoms with Crippen LogP contribution in [0.1, 0.15) is 4.88 Å². The molecule has 1 saturated heterocycles. The number of hydrogen-bond donors (Lipinski definition) is 3. The summed E-state index contributed by atoms with van der Waals surface area (Å²) in [6.45, 7) is 0. The zero-order valence-electron chi connectivity index (χ0n) is 16.6. The average molecular weight is 496 g/mol. The number of β-lactam (4-membered cyclic amide) rings is 1. The molecule has 1 unspecified atom stereocenters. The summed E-state index contributed by atoms with van der Waals surface area (Å²) < 4.78 is 1.08. The lowest BCUT2D eigenvalue weighted by Crippen LogP contribution is -2.70. The van der Waals surface area contributed by atoms with E-state index in [0.29, 0.717) is 11.3 Å². The molecule has 168 valence electrons. The number of amides is 2. The van der Waals surface area contributed by atoms with Gasteiger partial charge in [-0.05, 0) is 17.0 Å². The molecule has 0 aliphatic carbocycles. The maximum Gasteiger partial charge on any atom is 0.352 e. The Morgan fingerprint density at radius 1 is 1.38 bits per heavy atom. The van der Waals surface area contributed by atoms with Crippen LogP contribution in [-0.4, -0.2) is 65.5 Å². The zero-order chi connectivity index (χ0) is 23.0. The third-order valence-corrected chi connectivity index (χ3v) is 8.23. The summed E-state index contributed by atoms with van der Waals surface area (Å²) in [5, 5.41) is 20.0. The average Bonchev–Trinajstić information content (AvgIpc) is 3.27. The number of carboxylic acids is 1. The van der Waals surface area contributed by atoms with Crippen molar-refractivity contribution in [3.63, 3.8) is 0 Å². The van der Waals surface area contributed by atoms with Crippen molar-refractivity contribution in [3.05, 3.63) is 54.4 Å². The Balaban J connectivity index is 1.48. The van der Waals surface area contributed by atoms with E-state index < -0.39 is 34.4 Å². The minimum atomic E-state index is -1.24. The van der Waals surface area contributed by atoms with Crippen LogP contribution in [0.5, 0.6) is 0 Å². The van der Waals surface area contributed by atoms with Crippen molar-refractivity contribution in [1.29, 1.82) is 0 Å². The monoisotopic (exact) mass is 495 g/mol. The van der Waals surface area contributed by atoms with E-state index in [1.165, 1.54) is 35.0 Å². The lowest BCUT2D eigenvalue weighted by atomic mass is 10.0. The lowest BCUT2D eigenvalue weighted by Gasteiger charge is -2.49. The van der Waals surface area contributed by atoms with E-state index >= 15 is 0 Å². The molecule has 2 aliphatic rings. The first-order chi connectivity index (χ1) is 15.3. The van der Waals surface area contributed by atoms with Gasteiger partial charge in [-0.3, -0.25) is 28.6 Å². The summed E-state index contributed by atoms with van der Waals surface area (Å²) in [6, 6.07) is 2.89. The van der Waals surface area contributed by atoms with E-state index in [1.54, 1.807) is 0 Å². The maximum atomic E-state index is 12.7. The number of nitrogens with one attached hydrogen (secondary N) is 2. The van der Waals surface area contributed by atoms with Gasteiger partial charge in [-0.2, -0.15) is 0 Å². The molecular weight excluding hydrogens is 478 g/mol. The van der Waals surface area contributed by atoms with Crippen LogP contribution in [0, 0.1) is 0 Å². The first-order valence-corrected chi connectivity index (χ1v) is 12.2. The minimum Gasteiger partial charge on any atom is -0.477 e. The smallest absolute Gasteiger partial charge is 0.352 e. The Labute approximate surface area is 192 Å². The van der Waals surface area contributed by atoms with Crippen molar-refractivity contribution in [2.45, 2.75) is 23.0 Å². The van der Waals surface area contributed by atoms with Gasteiger partial charge in [-0.15, -0.1) is 28.2 Å². The van der Waals surface area contributed by atoms with Crippen molar-refractivity contribution in [1.82, 2.24) is 25.0 Å². The van der Waals surface area contributed by atoms with Crippen LogP contribution in [0.4, 0.5) is 0 Å².